The van der Waals surface area contributed by atoms with E-state index in [9.17, 15) is 4.79 Å². The van der Waals surface area contributed by atoms with Crippen LogP contribution in [0, 0.1) is 0 Å². The molecule has 5 nitrogen and oxygen atoms in total. The van der Waals surface area contributed by atoms with E-state index < -0.39 is 5.60 Å². The molecule has 0 saturated carbocycles. The zero-order valence-electron chi connectivity index (χ0n) is 11.4. The van der Waals surface area contributed by atoms with Gasteiger partial charge in [0.25, 0.3) is 0 Å². The molecule has 0 radical (unpaired) electrons. The first kappa shape index (κ1) is 14.0. The minimum Gasteiger partial charge on any atom is -0.444 e. The molecular weight excluding hydrogens is 262 g/mol. The van der Waals surface area contributed by atoms with Crippen molar-refractivity contribution in [3.05, 3.63) is 23.2 Å². The molecule has 1 aromatic rings. The molecule has 1 aliphatic heterocycles. The molecule has 19 heavy (non-hydrogen) atoms. The minimum atomic E-state index is -0.493. The van der Waals surface area contributed by atoms with Gasteiger partial charge in [0, 0.05) is 18.8 Å². The monoisotopic (exact) mass is 281 g/mol. The van der Waals surface area contributed by atoms with E-state index in [1.54, 1.807) is 11.1 Å². The Morgan fingerprint density at radius 2 is 2.32 bits per heavy atom. The Kier molecular flexibility index (Phi) is 3.91. The van der Waals surface area contributed by atoms with Gasteiger partial charge in [-0.3, -0.25) is 0 Å². The average Bonchev–Trinajstić information content (AvgIpc) is 2.79. The number of nitrogens with two attached hydrogens (primary N) is 1. The quantitative estimate of drug-likeness (QED) is 0.856. The first-order valence-electron chi connectivity index (χ1n) is 6.20. The van der Waals surface area contributed by atoms with Crippen LogP contribution in [0.4, 0.5) is 4.79 Å². The van der Waals surface area contributed by atoms with E-state index in [2.05, 4.69) is 4.37 Å². The second kappa shape index (κ2) is 5.30. The number of amides is 1. The topological polar surface area (TPSA) is 68.5 Å². The fraction of sp³-hybridized carbons (Fsp3) is 0.538. The largest absolute Gasteiger partial charge is 0.444 e. The number of rotatable bonds is 1. The van der Waals surface area contributed by atoms with Gasteiger partial charge in [0.2, 0.25) is 0 Å². The number of carbonyl (C=O) groups excluding carboxylic acids is 1. The van der Waals surface area contributed by atoms with Crippen LogP contribution in [0.5, 0.6) is 0 Å². The van der Waals surface area contributed by atoms with Gasteiger partial charge >= 0.3 is 6.09 Å². The zero-order valence-corrected chi connectivity index (χ0v) is 12.2. The lowest BCUT2D eigenvalue weighted by atomic mass is 10.1. The molecule has 0 bridgehead atoms. The predicted molar refractivity (Wildman–Crippen MR) is 75.9 cm³/mol. The smallest absolute Gasteiger partial charge is 0.410 e. The minimum absolute atomic E-state index is 0.168. The number of ether oxygens (including phenoxy) is 1. The highest BCUT2D eigenvalue weighted by Gasteiger charge is 2.27. The van der Waals surface area contributed by atoms with Crippen molar-refractivity contribution < 1.29 is 9.53 Å². The fourth-order valence-corrected chi connectivity index (χ4v) is 2.50. The first-order valence-corrected chi connectivity index (χ1v) is 6.98. The molecule has 0 aliphatic carbocycles. The van der Waals surface area contributed by atoms with E-state index in [0.29, 0.717) is 13.1 Å². The molecule has 6 heteroatoms. The van der Waals surface area contributed by atoms with Gasteiger partial charge in [0.05, 0.1) is 11.4 Å². The average molecular weight is 281 g/mol. The van der Waals surface area contributed by atoms with Crippen molar-refractivity contribution in [3.8, 4) is 0 Å². The predicted octanol–water partition coefficient (Wildman–Crippen LogP) is 2.10. The van der Waals surface area contributed by atoms with Crippen LogP contribution in [-0.2, 0) is 4.74 Å². The number of aromatic nitrogens is 1. The van der Waals surface area contributed by atoms with Crippen LogP contribution in [0.2, 0.25) is 0 Å². The van der Waals surface area contributed by atoms with Crippen molar-refractivity contribution in [3.63, 3.8) is 0 Å². The molecule has 1 aliphatic rings. The standard InChI is InChI=1S/C13H19N3O2S/c1-13(2,3)18-12(17)16-7-9(6-10(14)8-16)11-4-5-15-19-11/h4-6,10H,7-8,14H2,1-3H3. The summed E-state index contributed by atoms with van der Waals surface area (Å²) in [6.45, 7) is 6.57. The van der Waals surface area contributed by atoms with Gasteiger partial charge in [-0.25, -0.2) is 9.17 Å². The zero-order chi connectivity index (χ0) is 14.0. The van der Waals surface area contributed by atoms with Gasteiger partial charge in [-0.15, -0.1) is 0 Å². The highest BCUT2D eigenvalue weighted by molar-refractivity contribution is 7.07. The van der Waals surface area contributed by atoms with E-state index in [-0.39, 0.29) is 12.1 Å². The first-order chi connectivity index (χ1) is 8.85. The molecular formula is C13H19N3O2S. The van der Waals surface area contributed by atoms with E-state index in [1.807, 2.05) is 32.9 Å². The summed E-state index contributed by atoms with van der Waals surface area (Å²) >= 11 is 1.41. The molecule has 1 unspecified atom stereocenters. The summed E-state index contributed by atoms with van der Waals surface area (Å²) in [7, 11) is 0. The molecule has 0 fully saturated rings. The fourth-order valence-electron chi connectivity index (χ4n) is 1.90. The number of hydrogen-bond donors (Lipinski definition) is 1. The summed E-state index contributed by atoms with van der Waals surface area (Å²) in [5, 5.41) is 0. The van der Waals surface area contributed by atoms with Crippen molar-refractivity contribution in [1.29, 1.82) is 0 Å². The third-order valence-electron chi connectivity index (χ3n) is 2.61. The van der Waals surface area contributed by atoms with E-state index in [1.165, 1.54) is 11.5 Å². The molecule has 0 aromatic carbocycles. The van der Waals surface area contributed by atoms with Gasteiger partial charge in [-0.2, -0.15) is 0 Å². The summed E-state index contributed by atoms with van der Waals surface area (Å²) in [5.74, 6) is 0. The Balaban J connectivity index is 2.10. The number of nitrogens with zero attached hydrogens (tertiary/aromatic N) is 2. The van der Waals surface area contributed by atoms with Gasteiger partial charge in [-0.05, 0) is 43.9 Å². The van der Waals surface area contributed by atoms with Crippen molar-refractivity contribution in [2.75, 3.05) is 13.1 Å². The third kappa shape index (κ3) is 3.78. The van der Waals surface area contributed by atoms with Gasteiger partial charge in [0.15, 0.2) is 0 Å². The Morgan fingerprint density at radius 1 is 1.58 bits per heavy atom. The van der Waals surface area contributed by atoms with Crippen LogP contribution in [0.15, 0.2) is 18.3 Å². The van der Waals surface area contributed by atoms with Crippen LogP contribution in [0.25, 0.3) is 5.57 Å². The molecule has 104 valence electrons. The highest BCUT2D eigenvalue weighted by atomic mass is 32.1. The Hall–Kier alpha value is -1.40. The van der Waals surface area contributed by atoms with Crippen molar-refractivity contribution in [2.24, 2.45) is 5.73 Å². The lowest BCUT2D eigenvalue weighted by Gasteiger charge is -2.32. The maximum absolute atomic E-state index is 12.1. The van der Waals surface area contributed by atoms with Gasteiger partial charge < -0.3 is 15.4 Å². The molecule has 0 spiro atoms. The van der Waals surface area contributed by atoms with E-state index >= 15 is 0 Å². The van der Waals surface area contributed by atoms with Crippen LogP contribution in [0.3, 0.4) is 0 Å². The normalized spacial score (nSPS) is 20.1. The Labute approximate surface area is 117 Å². The van der Waals surface area contributed by atoms with Crippen LogP contribution >= 0.6 is 11.5 Å². The van der Waals surface area contributed by atoms with E-state index in [0.717, 1.165) is 10.5 Å². The van der Waals surface area contributed by atoms with Crippen LogP contribution < -0.4 is 5.73 Å². The second-order valence-corrected chi connectivity index (χ2v) is 6.43. The molecule has 1 aromatic heterocycles. The van der Waals surface area contributed by atoms with Gasteiger partial charge in [-0.1, -0.05) is 6.08 Å². The van der Waals surface area contributed by atoms with Crippen molar-refractivity contribution in [2.45, 2.75) is 32.4 Å². The Bertz CT molecular complexity index is 477. The summed E-state index contributed by atoms with van der Waals surface area (Å²) in [6, 6.07) is 1.76. The lowest BCUT2D eigenvalue weighted by molar-refractivity contribution is 0.0265. The molecule has 2 rings (SSSR count). The molecule has 2 N–H and O–H groups in total. The number of carbonyl (C=O) groups is 1. The van der Waals surface area contributed by atoms with Gasteiger partial charge in [0.1, 0.15) is 5.60 Å². The van der Waals surface area contributed by atoms with Crippen LogP contribution in [-0.4, -0.2) is 40.1 Å². The maximum Gasteiger partial charge on any atom is 0.410 e. The third-order valence-corrected chi connectivity index (χ3v) is 3.44. The van der Waals surface area contributed by atoms with Crippen LogP contribution in [0.1, 0.15) is 25.6 Å². The molecule has 2 heterocycles. The summed E-state index contributed by atoms with van der Waals surface area (Å²) in [6.07, 6.45) is 3.42. The highest BCUT2D eigenvalue weighted by Crippen LogP contribution is 2.24. The SMILES string of the molecule is CC(C)(C)OC(=O)N1CC(c2ccns2)=CC(N)C1. The lowest BCUT2D eigenvalue weighted by Crippen LogP contribution is -2.46. The Morgan fingerprint density at radius 3 is 2.89 bits per heavy atom. The van der Waals surface area contributed by atoms with Crippen molar-refractivity contribution in [1.82, 2.24) is 9.27 Å². The van der Waals surface area contributed by atoms with E-state index in [4.69, 9.17) is 10.5 Å². The molecule has 1 amide bonds. The summed E-state index contributed by atoms with van der Waals surface area (Å²) in [4.78, 5) is 14.8. The maximum atomic E-state index is 12.1. The summed E-state index contributed by atoms with van der Waals surface area (Å²) < 4.78 is 9.46. The molecule has 0 saturated heterocycles. The number of hydrogen-bond acceptors (Lipinski definition) is 5. The second-order valence-electron chi connectivity index (χ2n) is 5.59. The summed E-state index contributed by atoms with van der Waals surface area (Å²) in [5.41, 5.74) is 6.52. The molecule has 1 atom stereocenters. The van der Waals surface area contributed by atoms with Crippen molar-refractivity contribution >= 4 is 23.2 Å².